The number of pyridine rings is 1. The monoisotopic (exact) mass is 621 g/mol. The zero-order valence-corrected chi connectivity index (χ0v) is 24.8. The molecule has 1 unspecified atom stereocenters. The Labute approximate surface area is 254 Å². The minimum absolute atomic E-state index is 0.0531. The number of amides is 1. The van der Waals surface area contributed by atoms with Gasteiger partial charge in [0.2, 0.25) is 11.9 Å². The number of rotatable bonds is 8. The standard InChI is InChI=1S/C31H33F2N7O3S/c1-44(42,19-20-5-3-2-4-6-20)39-25-8-7-21(13-24(25)33)26-15-28(40-10-12-43-11-9-29(40)41)30-27(37-26)18-35-31(38-30)36-23-14-22(32)16-34-17-23/h2-8,13,15,18,22-23,34H,1,9-12,14,16-17,19H2,(H,39,42)(H,35,36,38)/t22-,23-,44?/m0/s1. The maximum absolute atomic E-state index is 15.4. The van der Waals surface area contributed by atoms with Crippen LogP contribution in [0, 0.1) is 5.82 Å². The Kier molecular flexibility index (Phi) is 8.69. The summed E-state index contributed by atoms with van der Waals surface area (Å²) in [5.41, 5.74) is 3.03. The minimum Gasteiger partial charge on any atom is -0.379 e. The molecule has 4 aromatic rings. The van der Waals surface area contributed by atoms with Gasteiger partial charge >= 0.3 is 0 Å². The third kappa shape index (κ3) is 6.95. The summed E-state index contributed by atoms with van der Waals surface area (Å²) >= 11 is 0. The summed E-state index contributed by atoms with van der Waals surface area (Å²) in [6.07, 6.45) is 1.09. The molecule has 0 aliphatic carbocycles. The number of hydrogen-bond acceptors (Lipinski definition) is 8. The molecule has 2 saturated heterocycles. The number of alkyl halides is 1. The van der Waals surface area contributed by atoms with Crippen LogP contribution in [-0.4, -0.2) is 76.0 Å². The molecule has 2 aromatic heterocycles. The number of nitrogens with one attached hydrogen (secondary N) is 3. The van der Waals surface area contributed by atoms with Crippen LogP contribution >= 0.6 is 0 Å². The largest absolute Gasteiger partial charge is 0.379 e. The van der Waals surface area contributed by atoms with Gasteiger partial charge in [0.1, 0.15) is 23.0 Å². The molecule has 0 bridgehead atoms. The maximum Gasteiger partial charge on any atom is 0.229 e. The average Bonchev–Trinajstić information content (AvgIpc) is 3.22. The molecule has 230 valence electrons. The zero-order chi connectivity index (χ0) is 30.7. The molecule has 2 aliphatic heterocycles. The molecule has 0 radical (unpaired) electrons. The van der Waals surface area contributed by atoms with Crippen molar-refractivity contribution in [2.24, 2.45) is 0 Å². The lowest BCUT2D eigenvalue weighted by Gasteiger charge is -2.26. The molecule has 4 heterocycles. The highest BCUT2D eigenvalue weighted by Crippen LogP contribution is 2.33. The summed E-state index contributed by atoms with van der Waals surface area (Å²) in [6, 6.07) is 15.2. The smallest absolute Gasteiger partial charge is 0.229 e. The lowest BCUT2D eigenvalue weighted by molar-refractivity contribution is -0.118. The maximum atomic E-state index is 15.4. The lowest BCUT2D eigenvalue weighted by Crippen LogP contribution is -2.44. The van der Waals surface area contributed by atoms with E-state index in [0.717, 1.165) is 5.56 Å². The topological polar surface area (TPSA) is 121 Å². The van der Waals surface area contributed by atoms with Gasteiger partial charge in [-0.1, -0.05) is 36.4 Å². The van der Waals surface area contributed by atoms with E-state index in [4.69, 9.17) is 9.72 Å². The fourth-order valence-corrected chi connectivity index (χ4v) is 6.75. The normalized spacial score (nSPS) is 20.6. The first-order valence-corrected chi connectivity index (χ1v) is 16.3. The zero-order valence-electron chi connectivity index (χ0n) is 24.0. The first kappa shape index (κ1) is 29.9. The van der Waals surface area contributed by atoms with Crippen LogP contribution in [0.25, 0.3) is 22.3 Å². The van der Waals surface area contributed by atoms with Crippen LogP contribution in [0.4, 0.5) is 26.1 Å². The predicted molar refractivity (Wildman–Crippen MR) is 169 cm³/mol. The summed E-state index contributed by atoms with van der Waals surface area (Å²) in [5.74, 6) is 3.46. The molecule has 3 atom stereocenters. The number of aromatic nitrogens is 3. The number of nitrogens with zero attached hydrogens (tertiary/aromatic N) is 4. The van der Waals surface area contributed by atoms with Crippen LogP contribution in [-0.2, 0) is 25.0 Å². The quantitative estimate of drug-likeness (QED) is 0.253. The summed E-state index contributed by atoms with van der Waals surface area (Å²) < 4.78 is 50.8. The average molecular weight is 622 g/mol. The highest BCUT2D eigenvalue weighted by atomic mass is 32.2. The van der Waals surface area contributed by atoms with Crippen molar-refractivity contribution in [2.75, 3.05) is 47.8 Å². The van der Waals surface area contributed by atoms with E-state index in [1.54, 1.807) is 17.0 Å². The molecule has 0 spiro atoms. The van der Waals surface area contributed by atoms with Crippen molar-refractivity contribution in [2.45, 2.75) is 30.8 Å². The van der Waals surface area contributed by atoms with E-state index < -0.39 is 21.7 Å². The Hall–Kier alpha value is -4.20. The Morgan fingerprint density at radius 1 is 1.11 bits per heavy atom. The van der Waals surface area contributed by atoms with Gasteiger partial charge < -0.3 is 25.0 Å². The number of benzene rings is 2. The first-order valence-electron chi connectivity index (χ1n) is 14.4. The first-order chi connectivity index (χ1) is 21.2. The number of halogens is 2. The molecule has 3 N–H and O–H groups in total. The van der Waals surface area contributed by atoms with E-state index in [-0.39, 0.29) is 29.8 Å². The van der Waals surface area contributed by atoms with Gasteiger partial charge in [-0.05, 0) is 29.6 Å². The summed E-state index contributed by atoms with van der Waals surface area (Å²) in [6.45, 7) is 1.84. The minimum atomic E-state index is -2.87. The third-order valence-corrected chi connectivity index (χ3v) is 8.86. The number of anilines is 3. The number of carbonyl (C=O) groups is 1. The van der Waals surface area contributed by atoms with Crippen molar-refractivity contribution >= 4 is 49.8 Å². The van der Waals surface area contributed by atoms with Gasteiger partial charge in [0.25, 0.3) is 0 Å². The van der Waals surface area contributed by atoms with Gasteiger partial charge in [-0.15, -0.1) is 0 Å². The van der Waals surface area contributed by atoms with Gasteiger partial charge in [-0.25, -0.2) is 27.9 Å². The third-order valence-electron chi connectivity index (χ3n) is 7.47. The van der Waals surface area contributed by atoms with Gasteiger partial charge in [0, 0.05) is 47.4 Å². The fraction of sp³-hybridized carbons (Fsp3) is 0.323. The van der Waals surface area contributed by atoms with Crippen molar-refractivity contribution < 1.29 is 22.5 Å². The van der Waals surface area contributed by atoms with E-state index in [0.29, 0.717) is 73.2 Å². The van der Waals surface area contributed by atoms with Crippen molar-refractivity contribution in [3.05, 3.63) is 72.2 Å². The molecule has 10 nitrogen and oxygen atoms in total. The van der Waals surface area contributed by atoms with Gasteiger partial charge in [0.15, 0.2) is 0 Å². The summed E-state index contributed by atoms with van der Waals surface area (Å²) in [4.78, 5) is 28.5. The van der Waals surface area contributed by atoms with Crippen LogP contribution in [0.3, 0.4) is 0 Å². The highest BCUT2D eigenvalue weighted by Gasteiger charge is 2.25. The van der Waals surface area contributed by atoms with Crippen LogP contribution in [0.15, 0.2) is 60.8 Å². The number of carbonyl (C=O) groups excluding carboxylic acids is 1. The Morgan fingerprint density at radius 2 is 1.95 bits per heavy atom. The second kappa shape index (κ2) is 12.8. The molecule has 0 saturated carbocycles. The van der Waals surface area contributed by atoms with Crippen LogP contribution in [0.1, 0.15) is 18.4 Å². The number of piperidine rings is 1. The second-order valence-electron chi connectivity index (χ2n) is 10.9. The van der Waals surface area contributed by atoms with Gasteiger partial charge in [-0.3, -0.25) is 4.79 Å². The van der Waals surface area contributed by atoms with Crippen molar-refractivity contribution in [3.8, 4) is 11.3 Å². The predicted octanol–water partition coefficient (Wildman–Crippen LogP) is 3.94. The molecular formula is C31H33F2N7O3S. The highest BCUT2D eigenvalue weighted by molar-refractivity contribution is 8.00. The molecule has 2 fully saturated rings. The molecule has 44 heavy (non-hydrogen) atoms. The molecule has 2 aliphatic rings. The molecule has 2 aromatic carbocycles. The molecular weight excluding hydrogens is 588 g/mol. The van der Waals surface area contributed by atoms with Crippen LogP contribution < -0.4 is 20.3 Å². The van der Waals surface area contributed by atoms with E-state index in [2.05, 4.69) is 31.2 Å². The summed E-state index contributed by atoms with van der Waals surface area (Å²) in [7, 11) is -2.87. The van der Waals surface area contributed by atoms with Crippen molar-refractivity contribution in [1.82, 2.24) is 20.3 Å². The lowest BCUT2D eigenvalue weighted by atomic mass is 10.1. The molecule has 6 rings (SSSR count). The number of hydrogen-bond donors (Lipinski definition) is 3. The summed E-state index contributed by atoms with van der Waals surface area (Å²) in [5, 5.41) is 6.23. The number of fused-ring (bicyclic) bond motifs is 1. The van der Waals surface area contributed by atoms with E-state index >= 15 is 4.39 Å². The van der Waals surface area contributed by atoms with E-state index in [9.17, 15) is 13.4 Å². The Balaban J connectivity index is 1.33. The molecule has 13 heteroatoms. The van der Waals surface area contributed by atoms with E-state index in [1.807, 2.05) is 30.3 Å². The SMILES string of the molecule is C=S(=O)(Cc1ccccc1)Nc1ccc(-c2cc(N3CCOCCC3=O)c3nc(N[C@@H]4CNC[C@@H](F)C4)ncc3n2)cc1F. The van der Waals surface area contributed by atoms with Crippen molar-refractivity contribution in [1.29, 1.82) is 0 Å². The molecule has 1 amide bonds. The Bertz CT molecular complexity index is 1780. The van der Waals surface area contributed by atoms with E-state index in [1.165, 1.54) is 18.3 Å². The van der Waals surface area contributed by atoms with Gasteiger partial charge in [-0.2, -0.15) is 0 Å². The Morgan fingerprint density at radius 3 is 2.75 bits per heavy atom. The number of ether oxygens (including phenoxy) is 1. The van der Waals surface area contributed by atoms with Crippen LogP contribution in [0.5, 0.6) is 0 Å². The van der Waals surface area contributed by atoms with Gasteiger partial charge in [0.05, 0.1) is 48.7 Å². The second-order valence-corrected chi connectivity index (χ2v) is 13.0. The van der Waals surface area contributed by atoms with Crippen LogP contribution in [0.2, 0.25) is 0 Å². The van der Waals surface area contributed by atoms with Crippen molar-refractivity contribution in [3.63, 3.8) is 0 Å². The fourth-order valence-electron chi connectivity index (χ4n) is 5.38.